The smallest absolute Gasteiger partial charge is 0.232 e. The van der Waals surface area contributed by atoms with Gasteiger partial charge in [0, 0.05) is 38.2 Å². The van der Waals surface area contributed by atoms with E-state index < -0.39 is 0 Å². The number of ether oxygens (including phenoxy) is 1. The molecular weight excluding hydrogens is 378 g/mol. The summed E-state index contributed by atoms with van der Waals surface area (Å²) in [5, 5.41) is 4.42. The van der Waals surface area contributed by atoms with Crippen LogP contribution in [0.25, 0.3) is 11.3 Å². The molecule has 0 aliphatic carbocycles. The van der Waals surface area contributed by atoms with Crippen molar-refractivity contribution >= 4 is 11.8 Å². The minimum atomic E-state index is 0.109. The third kappa shape index (κ3) is 5.42. The van der Waals surface area contributed by atoms with Gasteiger partial charge in [-0.25, -0.2) is 0 Å². The van der Waals surface area contributed by atoms with Gasteiger partial charge in [0.2, 0.25) is 11.8 Å². The van der Waals surface area contributed by atoms with Gasteiger partial charge >= 0.3 is 0 Å². The standard InChI is InChI=1S/C24H35N3O3/c1-5-26(6-2)24-21(23(25-30-24)19-11-8-7-9-12-19)17-27(22(28)15-18(3)4)16-20-13-10-14-29-20/h7-9,11-12,18,20H,5-6,10,13-17H2,1-4H3/t20-/m0/s1. The Bertz CT molecular complexity index is 793. The molecule has 1 saturated heterocycles. The van der Waals surface area contributed by atoms with Gasteiger partial charge in [-0.05, 0) is 32.6 Å². The fourth-order valence-electron chi connectivity index (χ4n) is 3.98. The normalized spacial score (nSPS) is 16.2. The van der Waals surface area contributed by atoms with Crippen LogP contribution in [0.1, 0.15) is 52.5 Å². The van der Waals surface area contributed by atoms with Crippen LogP contribution < -0.4 is 4.90 Å². The minimum absolute atomic E-state index is 0.109. The molecule has 1 fully saturated rings. The van der Waals surface area contributed by atoms with E-state index in [-0.39, 0.29) is 12.0 Å². The van der Waals surface area contributed by atoms with Gasteiger partial charge in [-0.1, -0.05) is 49.3 Å². The fourth-order valence-corrected chi connectivity index (χ4v) is 3.98. The highest BCUT2D eigenvalue weighted by atomic mass is 16.5. The molecule has 6 heteroatoms. The number of hydrogen-bond acceptors (Lipinski definition) is 5. The molecule has 0 spiro atoms. The van der Waals surface area contributed by atoms with Crippen LogP contribution in [0.5, 0.6) is 0 Å². The maximum absolute atomic E-state index is 13.1. The Labute approximate surface area is 180 Å². The van der Waals surface area contributed by atoms with Crippen LogP contribution in [-0.2, 0) is 16.1 Å². The van der Waals surface area contributed by atoms with Crippen LogP contribution in [0.2, 0.25) is 0 Å². The van der Waals surface area contributed by atoms with Gasteiger partial charge in [0.15, 0.2) is 0 Å². The van der Waals surface area contributed by atoms with Gasteiger partial charge in [-0.3, -0.25) is 4.79 Å². The number of hydrogen-bond donors (Lipinski definition) is 0. The summed E-state index contributed by atoms with van der Waals surface area (Å²) in [5.74, 6) is 1.22. The molecule has 1 atom stereocenters. The van der Waals surface area contributed by atoms with Crippen molar-refractivity contribution in [2.75, 3.05) is 31.1 Å². The highest BCUT2D eigenvalue weighted by Gasteiger charge is 2.28. The average Bonchev–Trinajstić information content (AvgIpc) is 3.39. The van der Waals surface area contributed by atoms with Gasteiger partial charge in [0.1, 0.15) is 5.69 Å². The maximum Gasteiger partial charge on any atom is 0.232 e. The molecular formula is C24H35N3O3. The van der Waals surface area contributed by atoms with E-state index in [0.717, 1.165) is 55.2 Å². The van der Waals surface area contributed by atoms with Gasteiger partial charge in [0.05, 0.1) is 18.2 Å². The third-order valence-corrected chi connectivity index (χ3v) is 5.60. The summed E-state index contributed by atoms with van der Waals surface area (Å²) in [6, 6.07) is 10.1. The SMILES string of the molecule is CCN(CC)c1onc(-c2ccccc2)c1CN(C[C@@H]1CCCO1)C(=O)CC(C)C. The minimum Gasteiger partial charge on any atom is -0.376 e. The van der Waals surface area contributed by atoms with E-state index in [4.69, 9.17) is 9.26 Å². The monoisotopic (exact) mass is 413 g/mol. The summed E-state index contributed by atoms with van der Waals surface area (Å²) >= 11 is 0. The Morgan fingerprint density at radius 1 is 1.20 bits per heavy atom. The summed E-state index contributed by atoms with van der Waals surface area (Å²) in [6.45, 7) is 11.9. The first kappa shape index (κ1) is 22.3. The highest BCUT2D eigenvalue weighted by Crippen LogP contribution is 2.33. The van der Waals surface area contributed by atoms with Gasteiger partial charge in [-0.15, -0.1) is 0 Å². The highest BCUT2D eigenvalue weighted by molar-refractivity contribution is 5.77. The predicted molar refractivity (Wildman–Crippen MR) is 119 cm³/mol. The number of benzene rings is 1. The van der Waals surface area contributed by atoms with Crippen LogP contribution in [0.15, 0.2) is 34.9 Å². The van der Waals surface area contributed by atoms with Crippen LogP contribution in [0.4, 0.5) is 5.88 Å². The predicted octanol–water partition coefficient (Wildman–Crippen LogP) is 4.74. The Hall–Kier alpha value is -2.34. The maximum atomic E-state index is 13.1. The van der Waals surface area contributed by atoms with E-state index in [0.29, 0.717) is 25.4 Å². The molecule has 6 nitrogen and oxygen atoms in total. The lowest BCUT2D eigenvalue weighted by Crippen LogP contribution is -2.38. The molecule has 164 valence electrons. The average molecular weight is 414 g/mol. The van der Waals surface area contributed by atoms with Crippen LogP contribution in [0.3, 0.4) is 0 Å². The number of carbonyl (C=O) groups is 1. The molecule has 0 unspecified atom stereocenters. The lowest BCUT2D eigenvalue weighted by atomic mass is 10.0. The molecule has 1 aromatic heterocycles. The van der Waals surface area contributed by atoms with E-state index >= 15 is 0 Å². The van der Waals surface area contributed by atoms with Gasteiger partial charge in [-0.2, -0.15) is 0 Å². The first-order chi connectivity index (χ1) is 14.5. The van der Waals surface area contributed by atoms with Crippen LogP contribution in [0, 0.1) is 5.92 Å². The molecule has 30 heavy (non-hydrogen) atoms. The second kappa shape index (κ2) is 10.6. The summed E-state index contributed by atoms with van der Waals surface area (Å²) < 4.78 is 11.7. The molecule has 2 aromatic rings. The lowest BCUT2D eigenvalue weighted by Gasteiger charge is -2.27. The molecule has 2 heterocycles. The van der Waals surface area contributed by atoms with Gasteiger partial charge < -0.3 is 19.1 Å². The van der Waals surface area contributed by atoms with Crippen molar-refractivity contribution in [2.24, 2.45) is 5.92 Å². The Kier molecular flexibility index (Phi) is 7.91. The third-order valence-electron chi connectivity index (χ3n) is 5.60. The number of amides is 1. The lowest BCUT2D eigenvalue weighted by molar-refractivity contribution is -0.134. The van der Waals surface area contributed by atoms with Crippen LogP contribution in [-0.4, -0.2) is 48.3 Å². The molecule has 1 aliphatic rings. The number of carbonyl (C=O) groups excluding carboxylic acids is 1. The van der Waals surface area contributed by atoms with E-state index in [1.54, 1.807) is 0 Å². The largest absolute Gasteiger partial charge is 0.376 e. The first-order valence-corrected chi connectivity index (χ1v) is 11.2. The topological polar surface area (TPSA) is 58.8 Å². The number of rotatable bonds is 10. The zero-order valence-corrected chi connectivity index (χ0v) is 18.8. The summed E-state index contributed by atoms with van der Waals surface area (Å²) in [5.41, 5.74) is 2.79. The molecule has 0 N–H and O–H groups in total. The van der Waals surface area contributed by atoms with Crippen molar-refractivity contribution in [3.8, 4) is 11.3 Å². The summed E-state index contributed by atoms with van der Waals surface area (Å²) in [4.78, 5) is 17.2. The van der Waals surface area contributed by atoms with E-state index in [1.807, 2.05) is 35.2 Å². The Morgan fingerprint density at radius 2 is 1.93 bits per heavy atom. The zero-order chi connectivity index (χ0) is 21.5. The quantitative estimate of drug-likeness (QED) is 0.563. The Balaban J connectivity index is 1.96. The number of anilines is 1. The second-order valence-electron chi connectivity index (χ2n) is 8.36. The number of nitrogens with zero attached hydrogens (tertiary/aromatic N) is 3. The second-order valence-corrected chi connectivity index (χ2v) is 8.36. The van der Waals surface area contributed by atoms with Crippen molar-refractivity contribution < 1.29 is 14.1 Å². The molecule has 1 aliphatic heterocycles. The summed E-state index contributed by atoms with van der Waals surface area (Å²) in [7, 11) is 0. The van der Waals surface area contributed by atoms with E-state index in [2.05, 4.69) is 37.8 Å². The van der Waals surface area contributed by atoms with Crippen molar-refractivity contribution in [2.45, 2.75) is 59.6 Å². The van der Waals surface area contributed by atoms with Crippen LogP contribution >= 0.6 is 0 Å². The fraction of sp³-hybridized carbons (Fsp3) is 0.583. The van der Waals surface area contributed by atoms with Crippen molar-refractivity contribution in [1.29, 1.82) is 0 Å². The van der Waals surface area contributed by atoms with Crippen molar-refractivity contribution in [3.05, 3.63) is 35.9 Å². The molecule has 0 bridgehead atoms. The molecule has 1 aromatic carbocycles. The first-order valence-electron chi connectivity index (χ1n) is 11.2. The molecule has 3 rings (SSSR count). The van der Waals surface area contributed by atoms with E-state index in [9.17, 15) is 4.79 Å². The number of aromatic nitrogens is 1. The zero-order valence-electron chi connectivity index (χ0n) is 18.8. The van der Waals surface area contributed by atoms with E-state index in [1.165, 1.54) is 0 Å². The molecule has 1 amide bonds. The molecule has 0 radical (unpaired) electrons. The Morgan fingerprint density at radius 3 is 2.53 bits per heavy atom. The van der Waals surface area contributed by atoms with Crippen molar-refractivity contribution in [1.82, 2.24) is 10.1 Å². The van der Waals surface area contributed by atoms with Crippen molar-refractivity contribution in [3.63, 3.8) is 0 Å². The van der Waals surface area contributed by atoms with Gasteiger partial charge in [0.25, 0.3) is 0 Å². The summed E-state index contributed by atoms with van der Waals surface area (Å²) in [6.07, 6.45) is 2.70. The molecule has 0 saturated carbocycles.